The molecule has 1 fully saturated rings. The smallest absolute Gasteiger partial charge is 0.407 e. The van der Waals surface area contributed by atoms with Gasteiger partial charge in [-0.05, 0) is 37.7 Å². The van der Waals surface area contributed by atoms with Crippen LogP contribution in [0.4, 0.5) is 16.6 Å². The van der Waals surface area contributed by atoms with E-state index in [1.54, 1.807) is 13.3 Å². The molecule has 1 amide bonds. The Kier molecular flexibility index (Phi) is 7.24. The number of hydrogen-bond donors (Lipinski definition) is 2. The van der Waals surface area contributed by atoms with E-state index in [1.165, 1.54) is 4.90 Å². The standard InChI is InChI=1S/C17H29N5O3/c1-21(2)15-8-9-18-16(20-15)19-14-6-4-13(5-7-14)12-22(17(23)24)10-11-25-3/h8-9,13-14H,4-7,10-12H2,1-3H3,(H,23,24)(H,18,19,20)/t13-,14+. The summed E-state index contributed by atoms with van der Waals surface area (Å²) < 4.78 is 4.99. The van der Waals surface area contributed by atoms with Crippen molar-refractivity contribution >= 4 is 17.9 Å². The summed E-state index contributed by atoms with van der Waals surface area (Å²) in [5.41, 5.74) is 0. The highest BCUT2D eigenvalue weighted by molar-refractivity contribution is 5.64. The van der Waals surface area contributed by atoms with Gasteiger partial charge in [0.15, 0.2) is 0 Å². The number of nitrogens with zero attached hydrogens (tertiary/aromatic N) is 4. The first-order valence-corrected chi connectivity index (χ1v) is 8.73. The summed E-state index contributed by atoms with van der Waals surface area (Å²) in [5.74, 6) is 1.93. The maximum atomic E-state index is 11.3. The minimum absolute atomic E-state index is 0.339. The number of carboxylic acid groups (broad SMARTS) is 1. The second-order valence-corrected chi connectivity index (χ2v) is 6.72. The van der Waals surface area contributed by atoms with Crippen LogP contribution in [0, 0.1) is 5.92 Å². The predicted octanol–water partition coefficient (Wildman–Crippen LogP) is 2.14. The molecule has 1 aromatic rings. The first-order valence-electron chi connectivity index (χ1n) is 8.73. The van der Waals surface area contributed by atoms with Crippen LogP contribution in [-0.2, 0) is 4.74 Å². The summed E-state index contributed by atoms with van der Waals surface area (Å²) >= 11 is 0. The quantitative estimate of drug-likeness (QED) is 0.741. The molecule has 8 nitrogen and oxygen atoms in total. The molecule has 8 heteroatoms. The molecule has 1 aliphatic rings. The highest BCUT2D eigenvalue weighted by atomic mass is 16.5. The van der Waals surface area contributed by atoms with Gasteiger partial charge >= 0.3 is 6.09 Å². The van der Waals surface area contributed by atoms with E-state index in [1.807, 2.05) is 25.1 Å². The fourth-order valence-electron chi connectivity index (χ4n) is 3.12. The predicted molar refractivity (Wildman–Crippen MR) is 97.2 cm³/mol. The van der Waals surface area contributed by atoms with E-state index in [0.717, 1.165) is 31.5 Å². The lowest BCUT2D eigenvalue weighted by molar-refractivity contribution is 0.105. The van der Waals surface area contributed by atoms with Crippen LogP contribution in [0.15, 0.2) is 12.3 Å². The summed E-state index contributed by atoms with van der Waals surface area (Å²) in [5, 5.41) is 12.7. The van der Waals surface area contributed by atoms with Crippen molar-refractivity contribution in [1.82, 2.24) is 14.9 Å². The van der Waals surface area contributed by atoms with E-state index in [-0.39, 0.29) is 0 Å². The van der Waals surface area contributed by atoms with Gasteiger partial charge in [0, 0.05) is 46.5 Å². The van der Waals surface area contributed by atoms with E-state index in [2.05, 4.69) is 15.3 Å². The molecule has 0 saturated heterocycles. The number of aromatic nitrogens is 2. The van der Waals surface area contributed by atoms with Crippen LogP contribution < -0.4 is 10.2 Å². The summed E-state index contributed by atoms with van der Waals surface area (Å²) in [4.78, 5) is 23.5. The highest BCUT2D eigenvalue weighted by Gasteiger charge is 2.25. The minimum atomic E-state index is -0.869. The summed E-state index contributed by atoms with van der Waals surface area (Å²) in [6.45, 7) is 1.44. The van der Waals surface area contributed by atoms with Gasteiger partial charge in [-0.25, -0.2) is 9.78 Å². The zero-order valence-corrected chi connectivity index (χ0v) is 15.3. The number of rotatable bonds is 8. The normalized spacial score (nSPS) is 20.1. The molecule has 140 valence electrons. The first-order chi connectivity index (χ1) is 12.0. The number of hydrogen-bond acceptors (Lipinski definition) is 6. The van der Waals surface area contributed by atoms with Crippen molar-refractivity contribution in [2.45, 2.75) is 31.7 Å². The third-order valence-corrected chi connectivity index (χ3v) is 4.59. The van der Waals surface area contributed by atoms with Crippen molar-refractivity contribution in [3.63, 3.8) is 0 Å². The Bertz CT molecular complexity index is 547. The molecule has 0 radical (unpaired) electrons. The minimum Gasteiger partial charge on any atom is -0.465 e. The number of anilines is 2. The molecule has 2 rings (SSSR count). The first kappa shape index (κ1) is 19.2. The van der Waals surface area contributed by atoms with Crippen LogP contribution in [0.5, 0.6) is 0 Å². The highest BCUT2D eigenvalue weighted by Crippen LogP contribution is 2.27. The molecule has 0 spiro atoms. The molecule has 2 N–H and O–H groups in total. The Morgan fingerprint density at radius 1 is 1.36 bits per heavy atom. The lowest BCUT2D eigenvalue weighted by Gasteiger charge is -2.32. The third kappa shape index (κ3) is 6.04. The topological polar surface area (TPSA) is 90.8 Å². The van der Waals surface area contributed by atoms with E-state index in [0.29, 0.717) is 37.6 Å². The largest absolute Gasteiger partial charge is 0.465 e. The van der Waals surface area contributed by atoms with E-state index in [4.69, 9.17) is 4.74 Å². The van der Waals surface area contributed by atoms with Gasteiger partial charge in [0.2, 0.25) is 5.95 Å². The molecule has 0 atom stereocenters. The van der Waals surface area contributed by atoms with Crippen LogP contribution >= 0.6 is 0 Å². The Labute approximate surface area is 149 Å². The molecule has 1 aliphatic carbocycles. The van der Waals surface area contributed by atoms with Gasteiger partial charge in [0.05, 0.1) is 6.61 Å². The molecule has 0 unspecified atom stereocenters. The van der Waals surface area contributed by atoms with Gasteiger partial charge in [0.1, 0.15) is 5.82 Å². The molecule has 0 aromatic carbocycles. The maximum Gasteiger partial charge on any atom is 0.407 e. The second kappa shape index (κ2) is 9.41. The van der Waals surface area contributed by atoms with E-state index in [9.17, 15) is 9.90 Å². The fourth-order valence-corrected chi connectivity index (χ4v) is 3.12. The number of amides is 1. The Morgan fingerprint density at radius 2 is 2.08 bits per heavy atom. The van der Waals surface area contributed by atoms with Crippen LogP contribution in [0.1, 0.15) is 25.7 Å². The molecule has 1 saturated carbocycles. The number of methoxy groups -OCH3 is 1. The molecular weight excluding hydrogens is 322 g/mol. The number of carbonyl (C=O) groups is 1. The van der Waals surface area contributed by atoms with Gasteiger partial charge in [-0.2, -0.15) is 4.98 Å². The van der Waals surface area contributed by atoms with Crippen molar-refractivity contribution in [3.05, 3.63) is 12.3 Å². The van der Waals surface area contributed by atoms with Crippen molar-refractivity contribution < 1.29 is 14.6 Å². The number of nitrogens with one attached hydrogen (secondary N) is 1. The maximum absolute atomic E-state index is 11.3. The molecular formula is C17H29N5O3. The van der Waals surface area contributed by atoms with E-state index < -0.39 is 6.09 Å². The van der Waals surface area contributed by atoms with Crippen molar-refractivity contribution in [3.8, 4) is 0 Å². The third-order valence-electron chi connectivity index (χ3n) is 4.59. The molecule has 0 bridgehead atoms. The van der Waals surface area contributed by atoms with E-state index >= 15 is 0 Å². The Hall–Kier alpha value is -2.09. The van der Waals surface area contributed by atoms with Crippen molar-refractivity contribution in [2.75, 3.05) is 51.1 Å². The second-order valence-electron chi connectivity index (χ2n) is 6.72. The van der Waals surface area contributed by atoms with Gasteiger partial charge in [-0.3, -0.25) is 0 Å². The van der Waals surface area contributed by atoms with Gasteiger partial charge in [0.25, 0.3) is 0 Å². The van der Waals surface area contributed by atoms with Gasteiger partial charge < -0.3 is 25.0 Å². The number of ether oxygens (including phenoxy) is 1. The van der Waals surface area contributed by atoms with Crippen LogP contribution in [0.2, 0.25) is 0 Å². The molecule has 25 heavy (non-hydrogen) atoms. The zero-order chi connectivity index (χ0) is 18.2. The summed E-state index contributed by atoms with van der Waals surface area (Å²) in [6, 6.07) is 2.22. The van der Waals surface area contributed by atoms with Crippen LogP contribution in [0.3, 0.4) is 0 Å². The average Bonchev–Trinajstić information content (AvgIpc) is 2.60. The molecule has 1 aromatic heterocycles. The van der Waals surface area contributed by atoms with Crippen LogP contribution in [0.25, 0.3) is 0 Å². The Morgan fingerprint density at radius 3 is 2.68 bits per heavy atom. The lowest BCUT2D eigenvalue weighted by atomic mass is 9.85. The van der Waals surface area contributed by atoms with Gasteiger partial charge in [-0.15, -0.1) is 0 Å². The van der Waals surface area contributed by atoms with Crippen molar-refractivity contribution in [1.29, 1.82) is 0 Å². The molecule has 1 heterocycles. The zero-order valence-electron chi connectivity index (χ0n) is 15.3. The van der Waals surface area contributed by atoms with Crippen LogP contribution in [-0.4, -0.2) is 73.0 Å². The van der Waals surface area contributed by atoms with Gasteiger partial charge in [-0.1, -0.05) is 0 Å². The van der Waals surface area contributed by atoms with Crippen molar-refractivity contribution in [2.24, 2.45) is 5.92 Å². The SMILES string of the molecule is COCCN(C[C@H]1CC[C@@H](Nc2nccc(N(C)C)n2)CC1)C(=O)O. The summed E-state index contributed by atoms with van der Waals surface area (Å²) in [7, 11) is 5.49. The lowest BCUT2D eigenvalue weighted by Crippen LogP contribution is -2.39. The average molecular weight is 351 g/mol. The summed E-state index contributed by atoms with van der Waals surface area (Å²) in [6.07, 6.45) is 4.89. The monoisotopic (exact) mass is 351 g/mol. The fraction of sp³-hybridized carbons (Fsp3) is 0.706. The molecule has 0 aliphatic heterocycles. The Balaban J connectivity index is 1.81.